The van der Waals surface area contributed by atoms with Gasteiger partial charge in [0, 0.05) is 35.4 Å². The molecule has 0 unspecified atom stereocenters. The molecule has 0 saturated carbocycles. The molecule has 5 aromatic rings. The highest BCUT2D eigenvalue weighted by Gasteiger charge is 2.12. The van der Waals surface area contributed by atoms with E-state index in [1.807, 2.05) is 13.0 Å². The Hall–Kier alpha value is -4.53. The van der Waals surface area contributed by atoms with Crippen LogP contribution in [0.1, 0.15) is 5.56 Å². The molecule has 3 aromatic heterocycles. The number of pyridine rings is 1. The van der Waals surface area contributed by atoms with Crippen LogP contribution in [0.15, 0.2) is 82.4 Å². The Kier molecular flexibility index (Phi) is 4.83. The third kappa shape index (κ3) is 3.67. The second-order valence-corrected chi connectivity index (χ2v) is 7.06. The molecule has 0 radical (unpaired) electrons. The zero-order valence-electron chi connectivity index (χ0n) is 16.9. The van der Waals surface area contributed by atoms with Crippen LogP contribution < -0.4 is 16.5 Å². The molecule has 32 heavy (non-hydrogen) atoms. The Morgan fingerprint density at radius 1 is 1.06 bits per heavy atom. The summed E-state index contributed by atoms with van der Waals surface area (Å²) in [5.74, 6) is -0.196. The number of nitrogens with zero attached hydrogens (tertiary/aromatic N) is 4. The zero-order valence-corrected chi connectivity index (χ0v) is 16.9. The Morgan fingerprint density at radius 3 is 2.72 bits per heavy atom. The van der Waals surface area contributed by atoms with Crippen LogP contribution in [0.3, 0.4) is 0 Å². The summed E-state index contributed by atoms with van der Waals surface area (Å²) in [6, 6.07) is 15.2. The molecule has 9 heteroatoms. The molecule has 0 bridgehead atoms. The number of halogens is 1. The molecular weight excluding hydrogens is 411 g/mol. The molecule has 5 rings (SSSR count). The molecule has 8 nitrogen and oxygen atoms in total. The molecule has 0 aliphatic heterocycles. The van der Waals surface area contributed by atoms with Gasteiger partial charge in [0.15, 0.2) is 11.4 Å². The number of hydrogen-bond donors (Lipinski definition) is 2. The summed E-state index contributed by atoms with van der Waals surface area (Å²) in [7, 11) is 0. The molecule has 0 aliphatic carbocycles. The van der Waals surface area contributed by atoms with Gasteiger partial charge < -0.3 is 9.73 Å². The summed E-state index contributed by atoms with van der Waals surface area (Å²) in [5.41, 5.74) is 6.51. The van der Waals surface area contributed by atoms with E-state index in [2.05, 4.69) is 25.7 Å². The Labute approximate surface area is 181 Å². The van der Waals surface area contributed by atoms with Gasteiger partial charge in [-0.3, -0.25) is 10.4 Å². The van der Waals surface area contributed by atoms with Crippen LogP contribution in [0.5, 0.6) is 0 Å². The van der Waals surface area contributed by atoms with Gasteiger partial charge in [0.1, 0.15) is 11.3 Å². The minimum Gasteiger partial charge on any atom is -0.406 e. The van der Waals surface area contributed by atoms with Crippen molar-refractivity contribution in [1.29, 1.82) is 0 Å². The molecule has 0 fully saturated rings. The highest BCUT2D eigenvalue weighted by molar-refractivity contribution is 5.74. The topological polar surface area (TPSA) is 97.9 Å². The lowest BCUT2D eigenvalue weighted by Crippen LogP contribution is -2.23. The number of anilines is 3. The molecule has 0 saturated heterocycles. The van der Waals surface area contributed by atoms with Crippen LogP contribution in [0, 0.1) is 12.7 Å². The summed E-state index contributed by atoms with van der Waals surface area (Å²) in [6.45, 7) is 1.82. The molecule has 0 atom stereocenters. The summed E-state index contributed by atoms with van der Waals surface area (Å²) >= 11 is 0. The molecule has 2 aromatic carbocycles. The molecule has 0 aliphatic rings. The lowest BCUT2D eigenvalue weighted by molar-refractivity contribution is 0.532. The Bertz CT molecular complexity index is 1480. The fourth-order valence-electron chi connectivity index (χ4n) is 3.28. The summed E-state index contributed by atoms with van der Waals surface area (Å²) in [4.78, 5) is 25.0. The lowest BCUT2D eigenvalue weighted by atomic mass is 10.1. The first kappa shape index (κ1) is 19.4. The number of hydrogen-bond acceptors (Lipinski definition) is 7. The lowest BCUT2D eigenvalue weighted by Gasteiger charge is -2.12. The predicted molar refractivity (Wildman–Crippen MR) is 119 cm³/mol. The van der Waals surface area contributed by atoms with Crippen molar-refractivity contribution in [3.8, 4) is 11.1 Å². The molecule has 2 N–H and O–H groups in total. The number of benzene rings is 2. The van der Waals surface area contributed by atoms with Gasteiger partial charge in [-0.15, -0.1) is 0 Å². The molecule has 0 amide bonds. The standard InChI is InChI=1S/C23H17FN6O2/c1-14-13-26-22(27-16-6-7-18(24)17(12-16)15-8-10-25-11-9-15)28-21(14)29-30-19-4-2-3-5-20(19)32-23(30)31/h2-13H,1H3,(H2,26,27,28,29). The van der Waals surface area contributed by atoms with E-state index in [0.29, 0.717) is 33.7 Å². The van der Waals surface area contributed by atoms with Gasteiger partial charge in [-0.05, 0) is 55.0 Å². The SMILES string of the molecule is Cc1cnc(Nc2ccc(F)c(-c3ccncc3)c2)nc1Nn1c(=O)oc2ccccc21. The smallest absolute Gasteiger partial charge is 0.406 e. The van der Waals surface area contributed by atoms with Crippen molar-refractivity contribution in [2.24, 2.45) is 0 Å². The van der Waals surface area contributed by atoms with Crippen molar-refractivity contribution >= 4 is 28.6 Å². The number of aryl methyl sites for hydroxylation is 1. The van der Waals surface area contributed by atoms with Crippen LogP contribution in [0.25, 0.3) is 22.2 Å². The van der Waals surface area contributed by atoms with Gasteiger partial charge in [0.25, 0.3) is 0 Å². The molecule has 158 valence electrons. The van der Waals surface area contributed by atoms with E-state index in [1.165, 1.54) is 10.7 Å². The first-order chi connectivity index (χ1) is 15.6. The molecular formula is C23H17FN6O2. The number of nitrogens with one attached hydrogen (secondary N) is 2. The van der Waals surface area contributed by atoms with Crippen LogP contribution in [0.2, 0.25) is 0 Å². The van der Waals surface area contributed by atoms with Gasteiger partial charge in [-0.2, -0.15) is 9.66 Å². The first-order valence-corrected chi connectivity index (χ1v) is 9.77. The third-order valence-electron chi connectivity index (χ3n) is 4.89. The zero-order chi connectivity index (χ0) is 22.1. The maximum absolute atomic E-state index is 14.4. The van der Waals surface area contributed by atoms with E-state index in [9.17, 15) is 9.18 Å². The number of oxazole rings is 1. The van der Waals surface area contributed by atoms with Gasteiger partial charge in [0.2, 0.25) is 5.95 Å². The minimum atomic E-state index is -0.556. The summed E-state index contributed by atoms with van der Waals surface area (Å²) in [5, 5.41) is 3.08. The average molecular weight is 428 g/mol. The highest BCUT2D eigenvalue weighted by Crippen LogP contribution is 2.27. The Morgan fingerprint density at radius 2 is 1.88 bits per heavy atom. The average Bonchev–Trinajstić information content (AvgIpc) is 3.13. The second-order valence-electron chi connectivity index (χ2n) is 7.06. The van der Waals surface area contributed by atoms with Gasteiger partial charge in [-0.25, -0.2) is 14.2 Å². The van der Waals surface area contributed by atoms with E-state index in [1.54, 1.807) is 61.1 Å². The van der Waals surface area contributed by atoms with Gasteiger partial charge in [0.05, 0.1) is 0 Å². The van der Waals surface area contributed by atoms with Crippen molar-refractivity contribution < 1.29 is 8.81 Å². The van der Waals surface area contributed by atoms with Crippen LogP contribution in [0.4, 0.5) is 21.8 Å². The summed E-state index contributed by atoms with van der Waals surface area (Å²) in [6.07, 6.45) is 4.84. The maximum atomic E-state index is 14.4. The van der Waals surface area contributed by atoms with Crippen LogP contribution in [-0.4, -0.2) is 19.6 Å². The first-order valence-electron chi connectivity index (χ1n) is 9.77. The van der Waals surface area contributed by atoms with Crippen molar-refractivity contribution in [2.45, 2.75) is 6.92 Å². The second kappa shape index (κ2) is 7.95. The normalized spacial score (nSPS) is 10.9. The number of aromatic nitrogens is 4. The van der Waals surface area contributed by atoms with Crippen molar-refractivity contribution in [2.75, 3.05) is 10.7 Å². The van der Waals surface area contributed by atoms with Crippen molar-refractivity contribution in [3.63, 3.8) is 0 Å². The van der Waals surface area contributed by atoms with E-state index in [0.717, 1.165) is 5.56 Å². The quantitative estimate of drug-likeness (QED) is 0.425. The number of para-hydroxylation sites is 2. The molecule has 0 spiro atoms. The van der Waals surface area contributed by atoms with Crippen LogP contribution >= 0.6 is 0 Å². The fraction of sp³-hybridized carbons (Fsp3) is 0.0435. The predicted octanol–water partition coefficient (Wildman–Crippen LogP) is 4.51. The van der Waals surface area contributed by atoms with E-state index >= 15 is 0 Å². The van der Waals surface area contributed by atoms with E-state index < -0.39 is 5.76 Å². The van der Waals surface area contributed by atoms with Gasteiger partial charge in [-0.1, -0.05) is 12.1 Å². The van der Waals surface area contributed by atoms with Crippen LogP contribution in [-0.2, 0) is 0 Å². The van der Waals surface area contributed by atoms with Gasteiger partial charge >= 0.3 is 5.76 Å². The minimum absolute atomic E-state index is 0.284. The summed E-state index contributed by atoms with van der Waals surface area (Å²) < 4.78 is 20.9. The van der Waals surface area contributed by atoms with E-state index in [4.69, 9.17) is 4.42 Å². The number of rotatable bonds is 5. The molecule has 3 heterocycles. The monoisotopic (exact) mass is 428 g/mol. The highest BCUT2D eigenvalue weighted by atomic mass is 19.1. The third-order valence-corrected chi connectivity index (χ3v) is 4.89. The fourth-order valence-corrected chi connectivity index (χ4v) is 3.28. The maximum Gasteiger partial charge on any atom is 0.439 e. The van der Waals surface area contributed by atoms with E-state index in [-0.39, 0.29) is 11.8 Å². The Balaban J connectivity index is 1.46. The number of fused-ring (bicyclic) bond motifs is 1. The van der Waals surface area contributed by atoms with Crippen molar-refractivity contribution in [1.82, 2.24) is 19.6 Å². The van der Waals surface area contributed by atoms with Crippen molar-refractivity contribution in [3.05, 3.63) is 95.1 Å². The largest absolute Gasteiger partial charge is 0.439 e.